The third kappa shape index (κ3) is 4.20. The molecular weight excluding hydrogens is 148 g/mol. The third-order valence-corrected chi connectivity index (χ3v) is 4.34. The molecule has 0 N–H and O–H groups in total. The highest BCUT2D eigenvalue weighted by molar-refractivity contribution is 6.83. The van der Waals surface area contributed by atoms with Crippen LogP contribution in [0.1, 0.15) is 20.3 Å². The lowest BCUT2D eigenvalue weighted by Crippen LogP contribution is -2.23. The first-order valence-corrected chi connectivity index (χ1v) is 7.68. The average molecular weight is 168 g/mol. The van der Waals surface area contributed by atoms with E-state index in [2.05, 4.69) is 46.1 Å². The predicted molar refractivity (Wildman–Crippen MR) is 56.5 cm³/mol. The van der Waals surface area contributed by atoms with E-state index in [1.165, 1.54) is 10.8 Å². The van der Waals surface area contributed by atoms with E-state index < -0.39 is 8.07 Å². The molecule has 0 atom stereocenters. The van der Waals surface area contributed by atoms with Crippen LogP contribution in [0.2, 0.25) is 19.6 Å². The van der Waals surface area contributed by atoms with Crippen LogP contribution in [0.3, 0.4) is 0 Å². The first kappa shape index (κ1) is 10.7. The lowest BCUT2D eigenvalue weighted by molar-refractivity contribution is 1.16. The minimum atomic E-state index is -1.07. The molecule has 0 aliphatic rings. The fraction of sp³-hybridized carbons (Fsp3) is 0.600. The van der Waals surface area contributed by atoms with Gasteiger partial charge in [-0.3, -0.25) is 0 Å². The average Bonchev–Trinajstić information content (AvgIpc) is 1.85. The van der Waals surface area contributed by atoms with Gasteiger partial charge in [-0.25, -0.2) is 0 Å². The molecule has 64 valence electrons. The molecule has 0 rings (SSSR count). The normalized spacial score (nSPS) is 13.4. The van der Waals surface area contributed by atoms with Crippen molar-refractivity contribution in [2.45, 2.75) is 39.9 Å². The first-order chi connectivity index (χ1) is 4.88. The van der Waals surface area contributed by atoms with Crippen LogP contribution in [0.4, 0.5) is 0 Å². The Kier molecular flexibility index (Phi) is 3.80. The van der Waals surface area contributed by atoms with E-state index in [-0.39, 0.29) is 0 Å². The fourth-order valence-electron chi connectivity index (χ4n) is 0.704. The molecule has 0 spiro atoms. The highest BCUT2D eigenvalue weighted by atomic mass is 28.3. The van der Waals surface area contributed by atoms with Gasteiger partial charge in [-0.15, -0.1) is 6.58 Å². The zero-order valence-corrected chi connectivity index (χ0v) is 9.49. The van der Waals surface area contributed by atoms with Crippen LogP contribution in [0.25, 0.3) is 0 Å². The van der Waals surface area contributed by atoms with Gasteiger partial charge in [-0.2, -0.15) is 0 Å². The maximum Gasteiger partial charge on any atom is 0.0720 e. The minimum Gasteiger partial charge on any atom is -0.103 e. The Labute approximate surface area is 72.0 Å². The second-order valence-electron chi connectivity index (χ2n) is 4.17. The minimum absolute atomic E-state index is 1.07. The van der Waals surface area contributed by atoms with Crippen LogP contribution in [0.5, 0.6) is 0 Å². The summed E-state index contributed by atoms with van der Waals surface area (Å²) in [5, 5.41) is 1.45. The van der Waals surface area contributed by atoms with E-state index in [1.807, 2.05) is 0 Å². The monoisotopic (exact) mass is 168 g/mol. The second kappa shape index (κ2) is 3.91. The van der Waals surface area contributed by atoms with Crippen molar-refractivity contribution in [2.75, 3.05) is 0 Å². The quantitative estimate of drug-likeness (QED) is 0.444. The van der Waals surface area contributed by atoms with Crippen molar-refractivity contribution in [1.82, 2.24) is 0 Å². The summed E-state index contributed by atoms with van der Waals surface area (Å²) in [6, 6.07) is 0. The van der Waals surface area contributed by atoms with Gasteiger partial charge < -0.3 is 0 Å². The molecule has 1 heteroatoms. The summed E-state index contributed by atoms with van der Waals surface area (Å²) in [4.78, 5) is 0. The maximum atomic E-state index is 4.13. The second-order valence-corrected chi connectivity index (χ2v) is 9.37. The lowest BCUT2D eigenvalue weighted by atomic mass is 10.2. The molecule has 0 bridgehead atoms. The molecule has 0 unspecified atom stereocenters. The number of hydrogen-bond acceptors (Lipinski definition) is 0. The van der Waals surface area contributed by atoms with Crippen LogP contribution in [0.15, 0.2) is 23.4 Å². The molecular formula is C10H20Si. The fourth-order valence-corrected chi connectivity index (χ4v) is 1.51. The van der Waals surface area contributed by atoms with Crippen molar-refractivity contribution >= 4 is 8.07 Å². The summed E-state index contributed by atoms with van der Waals surface area (Å²) >= 11 is 0. The van der Waals surface area contributed by atoms with Crippen molar-refractivity contribution < 1.29 is 0 Å². The molecule has 11 heavy (non-hydrogen) atoms. The standard InChI is InChI=1S/C10H20Si/c1-7-9(2)8-10(3)11(4,5)6/h7H,3,8H2,1-2,4-6H3/b9-7-. The summed E-state index contributed by atoms with van der Waals surface area (Å²) in [6.07, 6.45) is 3.28. The van der Waals surface area contributed by atoms with Crippen molar-refractivity contribution in [1.29, 1.82) is 0 Å². The van der Waals surface area contributed by atoms with Gasteiger partial charge in [-0.05, 0) is 20.3 Å². The Hall–Kier alpha value is -0.303. The molecule has 0 saturated heterocycles. The molecule has 0 amide bonds. The smallest absolute Gasteiger partial charge is 0.0720 e. The zero-order valence-electron chi connectivity index (χ0n) is 8.49. The summed E-state index contributed by atoms with van der Waals surface area (Å²) < 4.78 is 0. The van der Waals surface area contributed by atoms with Gasteiger partial charge in [0.05, 0.1) is 8.07 Å². The van der Waals surface area contributed by atoms with Gasteiger partial charge in [0.15, 0.2) is 0 Å². The number of rotatable bonds is 3. The van der Waals surface area contributed by atoms with Gasteiger partial charge in [0.25, 0.3) is 0 Å². The van der Waals surface area contributed by atoms with Crippen molar-refractivity contribution in [3.63, 3.8) is 0 Å². The Morgan fingerprint density at radius 1 is 1.36 bits per heavy atom. The Balaban J connectivity index is 4.10. The van der Waals surface area contributed by atoms with E-state index >= 15 is 0 Å². The van der Waals surface area contributed by atoms with E-state index in [0.29, 0.717) is 0 Å². The highest BCUT2D eigenvalue weighted by Crippen LogP contribution is 2.19. The highest BCUT2D eigenvalue weighted by Gasteiger charge is 2.16. The Morgan fingerprint density at radius 3 is 2.09 bits per heavy atom. The third-order valence-electron chi connectivity index (χ3n) is 2.05. The molecule has 0 heterocycles. The van der Waals surface area contributed by atoms with Crippen LogP contribution in [0, 0.1) is 0 Å². The van der Waals surface area contributed by atoms with Gasteiger partial charge in [0, 0.05) is 0 Å². The molecule has 0 nitrogen and oxygen atoms in total. The summed E-state index contributed by atoms with van der Waals surface area (Å²) in [6.45, 7) is 15.4. The van der Waals surface area contributed by atoms with Gasteiger partial charge in [-0.1, -0.05) is 36.5 Å². The molecule has 0 fully saturated rings. The maximum absolute atomic E-state index is 4.13. The van der Waals surface area contributed by atoms with E-state index in [9.17, 15) is 0 Å². The van der Waals surface area contributed by atoms with Crippen LogP contribution in [-0.2, 0) is 0 Å². The molecule has 0 radical (unpaired) electrons. The summed E-state index contributed by atoms with van der Waals surface area (Å²) in [7, 11) is -1.07. The molecule has 0 aromatic rings. The Morgan fingerprint density at radius 2 is 1.82 bits per heavy atom. The molecule has 0 aliphatic carbocycles. The predicted octanol–water partition coefficient (Wildman–Crippen LogP) is 3.78. The Bertz CT molecular complexity index is 170. The van der Waals surface area contributed by atoms with E-state index in [4.69, 9.17) is 0 Å². The molecule has 0 saturated carbocycles. The summed E-state index contributed by atoms with van der Waals surface area (Å²) in [5.74, 6) is 0. The first-order valence-electron chi connectivity index (χ1n) is 4.18. The van der Waals surface area contributed by atoms with Crippen molar-refractivity contribution in [3.8, 4) is 0 Å². The SMILES string of the molecule is C=C(C/C(C)=C\C)[Si](C)(C)C. The lowest BCUT2D eigenvalue weighted by Gasteiger charge is -2.19. The van der Waals surface area contributed by atoms with E-state index in [0.717, 1.165) is 6.42 Å². The molecule has 0 aliphatic heterocycles. The van der Waals surface area contributed by atoms with Crippen molar-refractivity contribution in [3.05, 3.63) is 23.4 Å². The number of hydrogen-bond donors (Lipinski definition) is 0. The number of allylic oxidation sites excluding steroid dienone is 3. The molecule has 0 aromatic heterocycles. The van der Waals surface area contributed by atoms with Gasteiger partial charge >= 0.3 is 0 Å². The topological polar surface area (TPSA) is 0 Å². The summed E-state index contributed by atoms with van der Waals surface area (Å²) in [5.41, 5.74) is 1.44. The van der Waals surface area contributed by atoms with Crippen LogP contribution >= 0.6 is 0 Å². The van der Waals surface area contributed by atoms with Crippen molar-refractivity contribution in [2.24, 2.45) is 0 Å². The zero-order chi connectivity index (χ0) is 9.07. The van der Waals surface area contributed by atoms with Crippen LogP contribution < -0.4 is 0 Å². The molecule has 0 aromatic carbocycles. The van der Waals surface area contributed by atoms with Crippen LogP contribution in [-0.4, -0.2) is 8.07 Å². The van der Waals surface area contributed by atoms with Gasteiger partial charge in [0.2, 0.25) is 0 Å². The largest absolute Gasteiger partial charge is 0.103 e. The van der Waals surface area contributed by atoms with Gasteiger partial charge in [0.1, 0.15) is 0 Å². The van der Waals surface area contributed by atoms with E-state index in [1.54, 1.807) is 0 Å².